The molecule has 90 valence electrons. The van der Waals surface area contributed by atoms with Crippen LogP contribution < -0.4 is 4.72 Å². The number of nitrogens with one attached hydrogen (secondary N) is 1. The maximum atomic E-state index is 12.0. The van der Waals surface area contributed by atoms with Crippen molar-refractivity contribution < 1.29 is 8.42 Å². The van der Waals surface area contributed by atoms with E-state index in [9.17, 15) is 8.42 Å². The van der Waals surface area contributed by atoms with Crippen LogP contribution in [0.25, 0.3) is 4.96 Å². The third-order valence-corrected chi connectivity index (χ3v) is 4.61. The van der Waals surface area contributed by atoms with Crippen LogP contribution >= 0.6 is 22.9 Å². The van der Waals surface area contributed by atoms with Crippen LogP contribution in [0.4, 0.5) is 0 Å². The van der Waals surface area contributed by atoms with Gasteiger partial charge >= 0.3 is 0 Å². The summed E-state index contributed by atoms with van der Waals surface area (Å²) in [6, 6.07) is 0. The second kappa shape index (κ2) is 4.66. The van der Waals surface area contributed by atoms with Crippen molar-refractivity contribution in [2.75, 3.05) is 6.54 Å². The molecule has 0 aromatic carbocycles. The molecule has 1 N–H and O–H groups in total. The molecule has 2 rings (SSSR count). The van der Waals surface area contributed by atoms with Gasteiger partial charge in [0.25, 0.3) is 10.0 Å². The predicted octanol–water partition coefficient (Wildman–Crippen LogP) is 1.35. The van der Waals surface area contributed by atoms with Gasteiger partial charge in [-0.15, -0.1) is 23.7 Å². The SMILES string of the molecule is C#CCCNS(=O)(=O)c1c(Cl)nc2sccn12. The Bertz CT molecular complexity index is 681. The predicted molar refractivity (Wildman–Crippen MR) is 66.7 cm³/mol. The van der Waals surface area contributed by atoms with Gasteiger partial charge in [-0.2, -0.15) is 0 Å². The zero-order valence-corrected chi connectivity index (χ0v) is 10.9. The lowest BCUT2D eigenvalue weighted by molar-refractivity contribution is 0.577. The highest BCUT2D eigenvalue weighted by Gasteiger charge is 2.24. The van der Waals surface area contributed by atoms with Crippen LogP contribution in [0, 0.1) is 12.3 Å². The summed E-state index contributed by atoms with van der Waals surface area (Å²) in [5.41, 5.74) is 0. The Balaban J connectivity index is 2.41. The molecule has 0 bridgehead atoms. The van der Waals surface area contributed by atoms with Gasteiger partial charge in [0.05, 0.1) is 0 Å². The number of fused-ring (bicyclic) bond motifs is 1. The van der Waals surface area contributed by atoms with Crippen molar-refractivity contribution in [2.45, 2.75) is 11.4 Å². The van der Waals surface area contributed by atoms with Gasteiger partial charge in [0.1, 0.15) is 0 Å². The Morgan fingerprint density at radius 1 is 1.65 bits per heavy atom. The summed E-state index contributed by atoms with van der Waals surface area (Å²) < 4.78 is 27.8. The lowest BCUT2D eigenvalue weighted by Crippen LogP contribution is -2.25. The summed E-state index contributed by atoms with van der Waals surface area (Å²) in [5.74, 6) is 2.35. The molecule has 0 saturated heterocycles. The van der Waals surface area contributed by atoms with Crippen LogP contribution in [0.15, 0.2) is 16.6 Å². The highest BCUT2D eigenvalue weighted by molar-refractivity contribution is 7.89. The molecule has 0 fully saturated rings. The van der Waals surface area contributed by atoms with E-state index >= 15 is 0 Å². The number of sulfonamides is 1. The molecule has 0 aliphatic heterocycles. The maximum Gasteiger partial charge on any atom is 0.259 e. The van der Waals surface area contributed by atoms with Gasteiger partial charge in [0.2, 0.25) is 0 Å². The summed E-state index contributed by atoms with van der Waals surface area (Å²) in [5, 5.41) is 1.65. The van der Waals surface area contributed by atoms with Gasteiger partial charge in [-0.25, -0.2) is 18.1 Å². The van der Waals surface area contributed by atoms with Gasteiger partial charge in [-0.1, -0.05) is 11.6 Å². The molecule has 0 unspecified atom stereocenters. The summed E-state index contributed by atoms with van der Waals surface area (Å²) in [7, 11) is -3.69. The van der Waals surface area contributed by atoms with Gasteiger partial charge in [0, 0.05) is 24.5 Å². The number of imidazole rings is 1. The molecular formula is C9H8ClN3O2S2. The monoisotopic (exact) mass is 289 g/mol. The molecule has 0 saturated carbocycles. The van der Waals surface area contributed by atoms with Crippen LogP contribution in [0.5, 0.6) is 0 Å². The van der Waals surface area contributed by atoms with E-state index in [4.69, 9.17) is 18.0 Å². The first-order valence-corrected chi connectivity index (χ1v) is 7.34. The van der Waals surface area contributed by atoms with E-state index in [-0.39, 0.29) is 16.7 Å². The fourth-order valence-corrected chi connectivity index (χ4v) is 3.78. The van der Waals surface area contributed by atoms with E-state index in [1.54, 1.807) is 11.6 Å². The van der Waals surface area contributed by atoms with Crippen LogP contribution in [0.3, 0.4) is 0 Å². The Labute approximate surface area is 107 Å². The maximum absolute atomic E-state index is 12.0. The largest absolute Gasteiger partial charge is 0.279 e. The molecule has 17 heavy (non-hydrogen) atoms. The molecule has 2 aromatic rings. The Kier molecular flexibility index (Phi) is 3.40. The first kappa shape index (κ1) is 12.4. The van der Waals surface area contributed by atoms with Crippen LogP contribution in [-0.2, 0) is 10.0 Å². The first-order valence-electron chi connectivity index (χ1n) is 4.60. The molecule has 8 heteroatoms. The molecule has 0 aliphatic rings. The summed E-state index contributed by atoms with van der Waals surface area (Å²) >= 11 is 7.13. The summed E-state index contributed by atoms with van der Waals surface area (Å²) in [6.45, 7) is 0.173. The van der Waals surface area contributed by atoms with Crippen molar-refractivity contribution in [2.24, 2.45) is 0 Å². The van der Waals surface area contributed by atoms with Gasteiger partial charge < -0.3 is 0 Å². The minimum Gasteiger partial charge on any atom is -0.279 e. The summed E-state index contributed by atoms with van der Waals surface area (Å²) in [6.07, 6.45) is 6.98. The molecule has 0 amide bonds. The van der Waals surface area contributed by atoms with E-state index in [1.165, 1.54) is 15.7 Å². The molecular weight excluding hydrogens is 282 g/mol. The highest BCUT2D eigenvalue weighted by Crippen LogP contribution is 2.24. The third kappa shape index (κ3) is 2.30. The molecule has 0 atom stereocenters. The van der Waals surface area contributed by atoms with E-state index in [0.717, 1.165) is 0 Å². The first-order chi connectivity index (χ1) is 8.06. The lowest BCUT2D eigenvalue weighted by Gasteiger charge is -2.03. The van der Waals surface area contributed by atoms with Gasteiger partial charge in [-0.3, -0.25) is 4.40 Å². The average Bonchev–Trinajstić information content (AvgIpc) is 2.76. The molecule has 0 spiro atoms. The third-order valence-electron chi connectivity index (χ3n) is 1.99. The van der Waals surface area contributed by atoms with E-state index in [0.29, 0.717) is 11.4 Å². The van der Waals surface area contributed by atoms with Crippen molar-refractivity contribution >= 4 is 37.9 Å². The van der Waals surface area contributed by atoms with Gasteiger partial charge in [-0.05, 0) is 0 Å². The van der Waals surface area contributed by atoms with Crippen molar-refractivity contribution in [3.05, 3.63) is 16.7 Å². The second-order valence-electron chi connectivity index (χ2n) is 3.12. The Morgan fingerprint density at radius 3 is 3.12 bits per heavy atom. The molecule has 2 heterocycles. The molecule has 0 radical (unpaired) electrons. The zero-order valence-electron chi connectivity index (χ0n) is 8.55. The Hall–Kier alpha value is -1.07. The zero-order chi connectivity index (χ0) is 12.5. The van der Waals surface area contributed by atoms with Gasteiger partial charge in [0.15, 0.2) is 15.1 Å². The van der Waals surface area contributed by atoms with Crippen molar-refractivity contribution in [1.29, 1.82) is 0 Å². The minimum atomic E-state index is -3.69. The topological polar surface area (TPSA) is 63.5 Å². The van der Waals surface area contributed by atoms with E-state index in [1.807, 2.05) is 0 Å². The normalized spacial score (nSPS) is 11.8. The van der Waals surface area contributed by atoms with Crippen molar-refractivity contribution in [3.63, 3.8) is 0 Å². The number of thiazole rings is 1. The minimum absolute atomic E-state index is 0.0370. The fraction of sp³-hybridized carbons (Fsp3) is 0.222. The number of hydrogen-bond donors (Lipinski definition) is 1. The molecule has 2 aromatic heterocycles. The van der Waals surface area contributed by atoms with Crippen molar-refractivity contribution in [1.82, 2.24) is 14.1 Å². The lowest BCUT2D eigenvalue weighted by atomic mass is 10.5. The standard InChI is InChI=1S/C9H8ClN3O2S2/c1-2-3-4-11-17(14,15)8-7(10)12-9-13(8)5-6-16-9/h1,5-6,11H,3-4H2. The van der Waals surface area contributed by atoms with E-state index < -0.39 is 10.0 Å². The summed E-state index contributed by atoms with van der Waals surface area (Å²) in [4.78, 5) is 4.49. The second-order valence-corrected chi connectivity index (χ2v) is 6.03. The fourth-order valence-electron chi connectivity index (χ4n) is 1.30. The smallest absolute Gasteiger partial charge is 0.259 e. The molecule has 5 nitrogen and oxygen atoms in total. The van der Waals surface area contributed by atoms with Crippen LogP contribution in [0.1, 0.15) is 6.42 Å². The number of nitrogens with zero attached hydrogens (tertiary/aromatic N) is 2. The van der Waals surface area contributed by atoms with Crippen LogP contribution in [0.2, 0.25) is 5.15 Å². The highest BCUT2D eigenvalue weighted by atomic mass is 35.5. The number of halogens is 1. The van der Waals surface area contributed by atoms with E-state index in [2.05, 4.69) is 15.6 Å². The average molecular weight is 290 g/mol. The van der Waals surface area contributed by atoms with Crippen molar-refractivity contribution in [3.8, 4) is 12.3 Å². The van der Waals surface area contributed by atoms with Crippen LogP contribution in [-0.4, -0.2) is 24.3 Å². The number of terminal acetylenes is 1. The molecule has 0 aliphatic carbocycles. The number of rotatable bonds is 4. The Morgan fingerprint density at radius 2 is 2.41 bits per heavy atom. The number of hydrogen-bond acceptors (Lipinski definition) is 4. The quantitative estimate of drug-likeness (QED) is 0.683. The number of aromatic nitrogens is 2.